The summed E-state index contributed by atoms with van der Waals surface area (Å²) in [7, 11) is 4.06. The number of hydrogen-bond acceptors (Lipinski definition) is 4. The van der Waals surface area contributed by atoms with Gasteiger partial charge in [-0.3, -0.25) is 4.79 Å². The minimum Gasteiger partial charge on any atom is -0.507 e. The van der Waals surface area contributed by atoms with E-state index >= 15 is 0 Å². The number of rotatable bonds is 13. The second-order valence-corrected chi connectivity index (χ2v) is 11.4. The number of ketones is 1. The zero-order valence-corrected chi connectivity index (χ0v) is 25.4. The van der Waals surface area contributed by atoms with E-state index < -0.39 is 0 Å². The topological polar surface area (TPSA) is 79.3 Å². The van der Waals surface area contributed by atoms with Gasteiger partial charge in [-0.1, -0.05) is 24.3 Å². The van der Waals surface area contributed by atoms with Crippen molar-refractivity contribution in [3.63, 3.8) is 0 Å². The number of aromatic nitrogens is 4. The largest absolute Gasteiger partial charge is 0.507 e. The Balaban J connectivity index is 1.15. The molecule has 43 heavy (non-hydrogen) atoms. The van der Waals surface area contributed by atoms with E-state index in [1.807, 2.05) is 37.0 Å². The molecular weight excluding hydrogens is 536 g/mol. The van der Waals surface area contributed by atoms with Gasteiger partial charge in [0, 0.05) is 36.2 Å². The van der Waals surface area contributed by atoms with Crippen molar-refractivity contribution in [3.05, 3.63) is 120 Å². The SMILES string of the molecule is CC1=C(O)C(Cc2ccc(NCCCn3cc[n+](C)c3)cc2)=CC(=Nc2ccc(CCCCn3cc[n+](C)c3)cc2)C1=O. The number of anilines is 1. The Hall–Kier alpha value is -4.72. The molecule has 222 valence electrons. The summed E-state index contributed by atoms with van der Waals surface area (Å²) < 4.78 is 8.48. The number of hydrogen-bond donors (Lipinski definition) is 2. The van der Waals surface area contributed by atoms with Gasteiger partial charge in [-0.15, -0.1) is 0 Å². The molecule has 0 atom stereocenters. The van der Waals surface area contributed by atoms with Crippen molar-refractivity contribution in [1.29, 1.82) is 0 Å². The van der Waals surface area contributed by atoms with Crippen molar-refractivity contribution in [1.82, 2.24) is 9.13 Å². The number of nitrogens with one attached hydrogen (secondary N) is 1. The van der Waals surface area contributed by atoms with Crippen LogP contribution in [0.4, 0.5) is 11.4 Å². The normalized spacial score (nSPS) is 14.4. The molecule has 0 radical (unpaired) electrons. The minimum absolute atomic E-state index is 0.0496. The highest BCUT2D eigenvalue weighted by atomic mass is 16.3. The average Bonchev–Trinajstić information content (AvgIpc) is 3.63. The fourth-order valence-corrected chi connectivity index (χ4v) is 5.28. The first-order valence-electron chi connectivity index (χ1n) is 15.0. The standard InChI is InChI=1S/C35H41N6O2/c1-27-34(42)30(23-29-10-12-31(13-11-29)36-16-6-18-41-22-20-39(3)26-41)24-33(35(27)43)37-32-14-8-28(9-15-32)7-4-5-17-40-21-19-38(2)25-40/h8-15,19-22,24-26,36H,4-7,16-18,23H2,1-3H3/q+1/p+1. The van der Waals surface area contributed by atoms with Gasteiger partial charge in [0.05, 0.1) is 32.9 Å². The van der Waals surface area contributed by atoms with Gasteiger partial charge >= 0.3 is 0 Å². The molecule has 0 aliphatic heterocycles. The van der Waals surface area contributed by atoms with Gasteiger partial charge in [0.15, 0.2) is 0 Å². The van der Waals surface area contributed by atoms with Crippen LogP contribution in [0.25, 0.3) is 0 Å². The van der Waals surface area contributed by atoms with E-state index in [9.17, 15) is 9.90 Å². The molecular formula is C35H42N6O2+2. The summed E-state index contributed by atoms with van der Waals surface area (Å²) in [5.74, 6) is -0.189. The van der Waals surface area contributed by atoms with Crippen molar-refractivity contribution >= 4 is 22.9 Å². The van der Waals surface area contributed by atoms with Crippen molar-refractivity contribution in [2.45, 2.75) is 52.1 Å². The first kappa shape index (κ1) is 29.8. The lowest BCUT2D eigenvalue weighted by molar-refractivity contribution is -0.671. The molecule has 2 heterocycles. The molecule has 0 unspecified atom stereocenters. The molecule has 0 spiro atoms. The molecule has 8 heteroatoms. The third-order valence-electron chi connectivity index (χ3n) is 7.78. The van der Waals surface area contributed by atoms with Gasteiger partial charge < -0.3 is 10.4 Å². The Kier molecular flexibility index (Phi) is 9.66. The first-order valence-corrected chi connectivity index (χ1v) is 15.0. The summed E-state index contributed by atoms with van der Waals surface area (Å²) in [4.78, 5) is 17.6. The fourth-order valence-electron chi connectivity index (χ4n) is 5.28. The lowest BCUT2D eigenvalue weighted by Gasteiger charge is -2.16. The van der Waals surface area contributed by atoms with Crippen LogP contribution in [0.3, 0.4) is 0 Å². The number of carbonyl (C=O) groups excluding carboxylic acids is 1. The summed E-state index contributed by atoms with van der Waals surface area (Å²) in [5, 5.41) is 14.3. The molecule has 1 aliphatic carbocycles. The van der Waals surface area contributed by atoms with Crippen molar-refractivity contribution < 1.29 is 19.0 Å². The summed E-state index contributed by atoms with van der Waals surface area (Å²) in [6.45, 7) is 4.52. The van der Waals surface area contributed by atoms with E-state index in [1.165, 1.54) is 5.56 Å². The van der Waals surface area contributed by atoms with Gasteiger partial charge in [-0.05, 0) is 67.7 Å². The summed E-state index contributed by atoms with van der Waals surface area (Å²) in [5.41, 5.74) is 5.49. The Morgan fingerprint density at radius 2 is 1.47 bits per heavy atom. The molecule has 0 bridgehead atoms. The predicted octanol–water partition coefficient (Wildman–Crippen LogP) is 5.12. The Morgan fingerprint density at radius 1 is 0.837 bits per heavy atom. The van der Waals surface area contributed by atoms with E-state index in [1.54, 1.807) is 13.0 Å². The smallest absolute Gasteiger partial charge is 0.243 e. The predicted molar refractivity (Wildman–Crippen MR) is 169 cm³/mol. The van der Waals surface area contributed by atoms with Gasteiger partial charge in [-0.25, -0.2) is 23.3 Å². The molecule has 0 fully saturated rings. The number of aliphatic imine (C=N–C) groups is 1. The zero-order chi connectivity index (χ0) is 30.2. The van der Waals surface area contributed by atoms with E-state index in [-0.39, 0.29) is 11.5 Å². The Morgan fingerprint density at radius 3 is 2.09 bits per heavy atom. The lowest BCUT2D eigenvalue weighted by Crippen LogP contribution is -2.23. The van der Waals surface area contributed by atoms with E-state index in [0.717, 1.165) is 62.3 Å². The highest BCUT2D eigenvalue weighted by Gasteiger charge is 2.24. The number of allylic oxidation sites excluding steroid dienone is 3. The molecule has 0 saturated carbocycles. The number of aliphatic hydroxyl groups excluding tert-OH is 1. The number of aryl methyl sites for hydroxylation is 5. The van der Waals surface area contributed by atoms with Gasteiger partial charge in [0.2, 0.25) is 18.4 Å². The maximum Gasteiger partial charge on any atom is 0.243 e. The lowest BCUT2D eigenvalue weighted by atomic mass is 9.91. The maximum atomic E-state index is 13.0. The zero-order valence-electron chi connectivity index (χ0n) is 25.4. The van der Waals surface area contributed by atoms with E-state index in [0.29, 0.717) is 23.3 Å². The highest BCUT2D eigenvalue weighted by Crippen LogP contribution is 2.26. The molecule has 2 N–H and O–H groups in total. The second-order valence-electron chi connectivity index (χ2n) is 11.4. The van der Waals surface area contributed by atoms with Crippen molar-refractivity contribution in [2.75, 3.05) is 11.9 Å². The van der Waals surface area contributed by atoms with Crippen LogP contribution in [-0.4, -0.2) is 32.3 Å². The van der Waals surface area contributed by atoms with Crippen LogP contribution in [0.2, 0.25) is 0 Å². The average molecular weight is 579 g/mol. The molecule has 1 aliphatic rings. The number of carbonyl (C=O) groups is 1. The highest BCUT2D eigenvalue weighted by molar-refractivity contribution is 6.51. The summed E-state index contributed by atoms with van der Waals surface area (Å²) in [6.07, 6.45) is 18.9. The van der Waals surface area contributed by atoms with Crippen LogP contribution in [0, 0.1) is 0 Å². The molecule has 2 aromatic carbocycles. The van der Waals surface area contributed by atoms with Crippen LogP contribution in [-0.2, 0) is 44.8 Å². The third kappa shape index (κ3) is 8.19. The second kappa shape index (κ2) is 14.0. The van der Waals surface area contributed by atoms with Crippen molar-refractivity contribution in [2.24, 2.45) is 19.1 Å². The molecule has 0 saturated heterocycles. The van der Waals surface area contributed by atoms with Gasteiger partial charge in [0.25, 0.3) is 0 Å². The quantitative estimate of drug-likeness (QED) is 0.131. The number of Topliss-reactive ketones (excluding diaryl/α,β-unsaturated/α-hetero) is 1. The molecule has 4 aromatic rings. The number of nitrogens with zero attached hydrogens (tertiary/aromatic N) is 5. The number of aliphatic hydroxyl groups is 1. The Labute approximate surface area is 254 Å². The monoisotopic (exact) mass is 578 g/mol. The van der Waals surface area contributed by atoms with Crippen LogP contribution in [0.5, 0.6) is 0 Å². The first-order chi connectivity index (χ1) is 20.8. The van der Waals surface area contributed by atoms with Gasteiger partial charge in [0.1, 0.15) is 36.3 Å². The van der Waals surface area contributed by atoms with E-state index in [2.05, 4.69) is 91.7 Å². The van der Waals surface area contributed by atoms with Crippen LogP contribution in [0.1, 0.15) is 37.3 Å². The molecule has 5 rings (SSSR count). The van der Waals surface area contributed by atoms with Crippen LogP contribution in [0.15, 0.2) is 114 Å². The number of unbranched alkanes of at least 4 members (excludes halogenated alkanes) is 1. The number of imidazole rings is 2. The third-order valence-corrected chi connectivity index (χ3v) is 7.78. The molecule has 2 aromatic heterocycles. The maximum absolute atomic E-state index is 13.0. The van der Waals surface area contributed by atoms with Crippen molar-refractivity contribution in [3.8, 4) is 0 Å². The fraction of sp³-hybridized carbons (Fsp3) is 0.314. The summed E-state index contributed by atoms with van der Waals surface area (Å²) in [6, 6.07) is 16.3. The van der Waals surface area contributed by atoms with Crippen LogP contribution >= 0.6 is 0 Å². The molecule has 8 nitrogen and oxygen atoms in total. The minimum atomic E-state index is -0.239. The van der Waals surface area contributed by atoms with Gasteiger partial charge in [-0.2, -0.15) is 0 Å². The van der Waals surface area contributed by atoms with Crippen LogP contribution < -0.4 is 14.5 Å². The van der Waals surface area contributed by atoms with E-state index in [4.69, 9.17) is 0 Å². The summed E-state index contributed by atoms with van der Waals surface area (Å²) >= 11 is 0. The Bertz CT molecular complexity index is 1640. The number of benzene rings is 2. The molecule has 0 amide bonds.